The van der Waals surface area contributed by atoms with Gasteiger partial charge in [-0.15, -0.1) is 0 Å². The van der Waals surface area contributed by atoms with Gasteiger partial charge in [-0.05, 0) is 24.6 Å². The topological polar surface area (TPSA) is 109 Å². The first-order valence-corrected chi connectivity index (χ1v) is 10.6. The zero-order valence-corrected chi connectivity index (χ0v) is 18.1. The van der Waals surface area contributed by atoms with Crippen molar-refractivity contribution in [3.63, 3.8) is 0 Å². The lowest BCUT2D eigenvalue weighted by Crippen LogP contribution is -2.50. The zero-order valence-electron chi connectivity index (χ0n) is 18.1. The van der Waals surface area contributed by atoms with Gasteiger partial charge in [0.1, 0.15) is 5.65 Å². The second kappa shape index (κ2) is 8.07. The van der Waals surface area contributed by atoms with E-state index in [1.165, 1.54) is 6.20 Å². The first-order chi connectivity index (χ1) is 15.8. The average molecular weight is 455 g/mol. The number of nitrogens with zero attached hydrogens (tertiary/aromatic N) is 4. The first kappa shape index (κ1) is 21.3. The predicted molar refractivity (Wildman–Crippen MR) is 118 cm³/mol. The molecule has 172 valence electrons. The Morgan fingerprint density at radius 3 is 2.97 bits per heavy atom. The van der Waals surface area contributed by atoms with Crippen LogP contribution in [0, 0.1) is 0 Å². The number of ether oxygens (including phenoxy) is 1. The highest BCUT2D eigenvalue weighted by atomic mass is 19.3. The highest BCUT2D eigenvalue weighted by Gasteiger charge is 2.46. The van der Waals surface area contributed by atoms with Crippen LogP contribution in [0.1, 0.15) is 30.1 Å². The molecule has 4 aromatic heterocycles. The van der Waals surface area contributed by atoms with E-state index in [4.69, 9.17) is 4.74 Å². The molecule has 1 atom stereocenters. The van der Waals surface area contributed by atoms with Gasteiger partial charge in [0, 0.05) is 61.6 Å². The molecule has 33 heavy (non-hydrogen) atoms. The molecule has 3 N–H and O–H groups in total. The molecule has 0 unspecified atom stereocenters. The molecule has 5 rings (SSSR count). The molecule has 0 spiro atoms. The zero-order chi connectivity index (χ0) is 23.2. The minimum absolute atomic E-state index is 0.0573. The summed E-state index contributed by atoms with van der Waals surface area (Å²) in [7, 11) is 1.64. The highest BCUT2D eigenvalue weighted by Crippen LogP contribution is 2.37. The molecule has 1 amide bonds. The Bertz CT molecular complexity index is 1330. The van der Waals surface area contributed by atoms with Crippen molar-refractivity contribution < 1.29 is 18.3 Å². The van der Waals surface area contributed by atoms with Crippen LogP contribution in [-0.4, -0.2) is 62.2 Å². The number of hydrogen-bond acceptors (Lipinski definition) is 6. The van der Waals surface area contributed by atoms with E-state index in [1.807, 2.05) is 25.3 Å². The SMILES string of the molecule is COC[C@H](C)Nc1ncc2c(-c3ccn4ncc(C(=O)NC5CC(F)(F)C5)c4c3)c[nH]c2n1. The highest BCUT2D eigenvalue weighted by molar-refractivity contribution is 6.02. The van der Waals surface area contributed by atoms with Crippen molar-refractivity contribution in [2.75, 3.05) is 19.0 Å². The lowest BCUT2D eigenvalue weighted by molar-refractivity contribution is -0.0901. The van der Waals surface area contributed by atoms with Crippen LogP contribution in [0.2, 0.25) is 0 Å². The van der Waals surface area contributed by atoms with Crippen molar-refractivity contribution >= 4 is 28.4 Å². The summed E-state index contributed by atoms with van der Waals surface area (Å²) in [4.78, 5) is 24.8. The van der Waals surface area contributed by atoms with Crippen LogP contribution < -0.4 is 10.6 Å². The number of rotatable bonds is 7. The van der Waals surface area contributed by atoms with Gasteiger partial charge in [-0.1, -0.05) is 0 Å². The minimum atomic E-state index is -2.69. The van der Waals surface area contributed by atoms with E-state index in [1.54, 1.807) is 24.0 Å². The summed E-state index contributed by atoms with van der Waals surface area (Å²) in [6.45, 7) is 2.50. The monoisotopic (exact) mass is 455 g/mol. The summed E-state index contributed by atoms with van der Waals surface area (Å²) < 4.78 is 32.9. The van der Waals surface area contributed by atoms with Gasteiger partial charge in [-0.2, -0.15) is 10.1 Å². The van der Waals surface area contributed by atoms with Gasteiger partial charge in [-0.25, -0.2) is 18.3 Å². The summed E-state index contributed by atoms with van der Waals surface area (Å²) in [6.07, 6.45) is 6.10. The van der Waals surface area contributed by atoms with Gasteiger partial charge in [0.2, 0.25) is 5.95 Å². The van der Waals surface area contributed by atoms with Crippen molar-refractivity contribution in [1.82, 2.24) is 29.9 Å². The predicted octanol–water partition coefficient (Wildman–Crippen LogP) is 3.25. The molecule has 0 aromatic carbocycles. The summed E-state index contributed by atoms with van der Waals surface area (Å²) in [6, 6.07) is 3.25. The minimum Gasteiger partial charge on any atom is -0.383 e. The Morgan fingerprint density at radius 1 is 1.39 bits per heavy atom. The van der Waals surface area contributed by atoms with E-state index in [0.717, 1.165) is 16.5 Å². The lowest BCUT2D eigenvalue weighted by atomic mass is 9.88. The fourth-order valence-corrected chi connectivity index (χ4v) is 4.08. The molecule has 0 saturated heterocycles. The summed E-state index contributed by atoms with van der Waals surface area (Å²) in [5, 5.41) is 10.9. The molecular weight excluding hydrogens is 432 g/mol. The van der Waals surface area contributed by atoms with E-state index in [9.17, 15) is 13.6 Å². The largest absolute Gasteiger partial charge is 0.383 e. The third kappa shape index (κ3) is 4.11. The number of fused-ring (bicyclic) bond motifs is 2. The fourth-order valence-electron chi connectivity index (χ4n) is 4.08. The Kier molecular flexibility index (Phi) is 5.20. The Labute approximate surface area is 187 Å². The number of methoxy groups -OCH3 is 1. The number of aromatic amines is 1. The van der Waals surface area contributed by atoms with Crippen LogP contribution in [-0.2, 0) is 4.74 Å². The van der Waals surface area contributed by atoms with Gasteiger partial charge in [0.05, 0.1) is 23.9 Å². The molecule has 4 heterocycles. The number of anilines is 1. The number of nitrogens with one attached hydrogen (secondary N) is 3. The van der Waals surface area contributed by atoms with Crippen LogP contribution in [0.15, 0.2) is 36.9 Å². The van der Waals surface area contributed by atoms with Gasteiger partial charge in [0.15, 0.2) is 0 Å². The maximum Gasteiger partial charge on any atom is 0.255 e. The normalized spacial score (nSPS) is 16.6. The molecule has 1 aliphatic carbocycles. The van der Waals surface area contributed by atoms with E-state index in [-0.39, 0.29) is 18.9 Å². The molecule has 4 aromatic rings. The number of pyridine rings is 1. The Balaban J connectivity index is 1.41. The number of aromatic nitrogens is 5. The molecule has 0 radical (unpaired) electrons. The summed E-state index contributed by atoms with van der Waals surface area (Å²) in [5.41, 5.74) is 3.30. The third-order valence-corrected chi connectivity index (χ3v) is 5.73. The summed E-state index contributed by atoms with van der Waals surface area (Å²) >= 11 is 0. The molecule has 1 fully saturated rings. The molecule has 9 nitrogen and oxygen atoms in total. The Morgan fingerprint density at radius 2 is 2.21 bits per heavy atom. The number of alkyl halides is 2. The van der Waals surface area contributed by atoms with Gasteiger partial charge < -0.3 is 20.4 Å². The number of halogens is 2. The van der Waals surface area contributed by atoms with E-state index in [2.05, 4.69) is 30.7 Å². The van der Waals surface area contributed by atoms with E-state index < -0.39 is 17.9 Å². The number of hydrogen-bond donors (Lipinski definition) is 3. The van der Waals surface area contributed by atoms with E-state index in [0.29, 0.717) is 29.3 Å². The van der Waals surface area contributed by atoms with Gasteiger partial charge >= 0.3 is 0 Å². The number of amides is 1. The molecule has 0 bridgehead atoms. The first-order valence-electron chi connectivity index (χ1n) is 10.6. The fraction of sp³-hybridized carbons (Fsp3) is 0.364. The van der Waals surface area contributed by atoms with Crippen molar-refractivity contribution in [3.8, 4) is 11.1 Å². The number of carbonyl (C=O) groups excluding carboxylic acids is 1. The van der Waals surface area contributed by atoms with Crippen molar-refractivity contribution in [3.05, 3.63) is 42.5 Å². The molecule has 0 aliphatic heterocycles. The smallest absolute Gasteiger partial charge is 0.255 e. The average Bonchev–Trinajstić information content (AvgIpc) is 3.36. The number of carbonyl (C=O) groups is 1. The van der Waals surface area contributed by atoms with Gasteiger partial charge in [-0.3, -0.25) is 4.79 Å². The van der Waals surface area contributed by atoms with Crippen LogP contribution in [0.5, 0.6) is 0 Å². The van der Waals surface area contributed by atoms with Gasteiger partial charge in [0.25, 0.3) is 11.8 Å². The second-order valence-electron chi connectivity index (χ2n) is 8.40. The van der Waals surface area contributed by atoms with Crippen LogP contribution >= 0.6 is 0 Å². The quantitative estimate of drug-likeness (QED) is 0.395. The molecule has 1 saturated carbocycles. The van der Waals surface area contributed by atoms with Crippen LogP contribution in [0.3, 0.4) is 0 Å². The summed E-state index contributed by atoms with van der Waals surface area (Å²) in [5.74, 6) is -2.61. The van der Waals surface area contributed by atoms with Crippen molar-refractivity contribution in [2.45, 2.75) is 37.8 Å². The van der Waals surface area contributed by atoms with E-state index >= 15 is 0 Å². The van der Waals surface area contributed by atoms with Crippen molar-refractivity contribution in [2.24, 2.45) is 0 Å². The van der Waals surface area contributed by atoms with Crippen LogP contribution in [0.4, 0.5) is 14.7 Å². The number of H-pyrrole nitrogens is 1. The maximum absolute atomic E-state index is 13.1. The Hall–Kier alpha value is -3.60. The lowest BCUT2D eigenvalue weighted by Gasteiger charge is -2.35. The standard InChI is InChI=1S/C22H23F2N7O2/c1-12(11-33-2)28-21-26-9-16-15(8-25-19(16)30-21)13-3-4-31-18(5-13)17(10-27-31)20(32)29-14-6-22(23,24)7-14/h3-5,8-10,12,14H,6-7,11H2,1-2H3,(H,29,32)(H2,25,26,28,30)/t12-/m0/s1. The molecule has 11 heteroatoms. The second-order valence-corrected chi connectivity index (χ2v) is 8.40. The molecule has 1 aliphatic rings. The third-order valence-electron chi connectivity index (χ3n) is 5.73. The van der Waals surface area contributed by atoms with Crippen LogP contribution in [0.25, 0.3) is 27.7 Å². The molecular formula is C22H23F2N7O2. The maximum atomic E-state index is 13.1. The van der Waals surface area contributed by atoms with Crippen molar-refractivity contribution in [1.29, 1.82) is 0 Å².